The first-order valence-electron chi connectivity index (χ1n) is 10.3. The molecule has 0 unspecified atom stereocenters. The van der Waals surface area contributed by atoms with Crippen LogP contribution in [0.15, 0.2) is 90.6 Å². The van der Waals surface area contributed by atoms with Crippen LogP contribution in [0.5, 0.6) is 0 Å². The molecule has 0 saturated heterocycles. The SMILES string of the molecule is Cc1cccc(C)c1NC(=O)/C(C#N)=C/c1cn(-c2ccccc2)nc1-c1ccccc1. The van der Waals surface area contributed by atoms with E-state index in [9.17, 15) is 10.1 Å². The highest BCUT2D eigenvalue weighted by Gasteiger charge is 2.16. The summed E-state index contributed by atoms with van der Waals surface area (Å²) in [5.74, 6) is -0.448. The van der Waals surface area contributed by atoms with Gasteiger partial charge in [0, 0.05) is 23.0 Å². The zero-order valence-corrected chi connectivity index (χ0v) is 17.9. The lowest BCUT2D eigenvalue weighted by Crippen LogP contribution is -2.15. The summed E-state index contributed by atoms with van der Waals surface area (Å²) in [5.41, 5.74) is 5.80. The molecule has 0 atom stereocenters. The highest BCUT2D eigenvalue weighted by molar-refractivity contribution is 6.10. The second-order valence-electron chi connectivity index (χ2n) is 7.47. The standard InChI is InChI=1S/C27H22N4O/c1-19-10-9-11-20(2)25(19)29-27(32)22(17-28)16-23-18-31(24-14-7-4-8-15-24)30-26(23)21-12-5-3-6-13-21/h3-16,18H,1-2H3,(H,29,32)/b22-16+. The van der Waals surface area contributed by atoms with Crippen molar-refractivity contribution in [1.29, 1.82) is 5.26 Å². The van der Waals surface area contributed by atoms with Crippen LogP contribution in [0.2, 0.25) is 0 Å². The second kappa shape index (κ2) is 9.15. The number of aryl methyl sites for hydroxylation is 2. The van der Waals surface area contributed by atoms with Crippen LogP contribution in [-0.4, -0.2) is 15.7 Å². The fraction of sp³-hybridized carbons (Fsp3) is 0.0741. The zero-order chi connectivity index (χ0) is 22.5. The Balaban J connectivity index is 1.76. The average molecular weight is 419 g/mol. The van der Waals surface area contributed by atoms with Gasteiger partial charge in [-0.15, -0.1) is 0 Å². The van der Waals surface area contributed by atoms with E-state index in [1.807, 2.05) is 105 Å². The van der Waals surface area contributed by atoms with E-state index in [1.165, 1.54) is 0 Å². The summed E-state index contributed by atoms with van der Waals surface area (Å²) >= 11 is 0. The number of rotatable bonds is 5. The van der Waals surface area contributed by atoms with E-state index in [-0.39, 0.29) is 5.57 Å². The Hall–Kier alpha value is -4.43. The second-order valence-corrected chi connectivity index (χ2v) is 7.47. The lowest BCUT2D eigenvalue weighted by atomic mass is 10.1. The first-order valence-corrected chi connectivity index (χ1v) is 10.3. The third-order valence-corrected chi connectivity index (χ3v) is 5.20. The minimum absolute atomic E-state index is 0.0115. The van der Waals surface area contributed by atoms with Crippen molar-refractivity contribution in [2.45, 2.75) is 13.8 Å². The van der Waals surface area contributed by atoms with Gasteiger partial charge in [-0.2, -0.15) is 10.4 Å². The van der Waals surface area contributed by atoms with Crippen molar-refractivity contribution in [3.8, 4) is 23.0 Å². The molecule has 0 aliphatic rings. The molecule has 4 aromatic rings. The molecule has 5 nitrogen and oxygen atoms in total. The van der Waals surface area contributed by atoms with Gasteiger partial charge < -0.3 is 5.32 Å². The number of carbonyl (C=O) groups is 1. The molecular formula is C27H22N4O. The van der Waals surface area contributed by atoms with Gasteiger partial charge in [0.15, 0.2) is 0 Å². The number of amides is 1. The number of hydrogen-bond donors (Lipinski definition) is 1. The monoisotopic (exact) mass is 418 g/mol. The normalized spacial score (nSPS) is 11.1. The minimum Gasteiger partial charge on any atom is -0.321 e. The number of carbonyl (C=O) groups excluding carboxylic acids is 1. The number of hydrogen-bond acceptors (Lipinski definition) is 3. The minimum atomic E-state index is -0.448. The third-order valence-electron chi connectivity index (χ3n) is 5.20. The largest absolute Gasteiger partial charge is 0.321 e. The Morgan fingerprint density at radius 3 is 2.19 bits per heavy atom. The van der Waals surface area contributed by atoms with Gasteiger partial charge in [0.2, 0.25) is 0 Å². The summed E-state index contributed by atoms with van der Waals surface area (Å²) in [6.07, 6.45) is 3.43. The molecular weight excluding hydrogens is 396 g/mol. The van der Waals surface area contributed by atoms with Crippen molar-refractivity contribution in [3.05, 3.63) is 107 Å². The molecule has 0 radical (unpaired) electrons. The summed E-state index contributed by atoms with van der Waals surface area (Å²) in [5, 5.41) is 17.4. The maximum atomic E-state index is 12.9. The number of para-hydroxylation sites is 2. The van der Waals surface area contributed by atoms with Crippen LogP contribution in [0, 0.1) is 25.2 Å². The molecule has 0 aliphatic carbocycles. The zero-order valence-electron chi connectivity index (χ0n) is 17.9. The molecule has 1 N–H and O–H groups in total. The molecule has 1 heterocycles. The third kappa shape index (κ3) is 4.35. The molecule has 4 rings (SSSR count). The van der Waals surface area contributed by atoms with Crippen molar-refractivity contribution in [3.63, 3.8) is 0 Å². The fourth-order valence-electron chi connectivity index (χ4n) is 3.52. The van der Waals surface area contributed by atoms with Crippen LogP contribution in [0.25, 0.3) is 23.0 Å². The van der Waals surface area contributed by atoms with Crippen LogP contribution in [-0.2, 0) is 4.79 Å². The summed E-state index contributed by atoms with van der Waals surface area (Å²) in [6, 6.07) is 27.3. The number of nitriles is 1. The Morgan fingerprint density at radius 2 is 1.56 bits per heavy atom. The van der Waals surface area contributed by atoms with Gasteiger partial charge in [-0.1, -0.05) is 66.7 Å². The molecule has 5 heteroatoms. The van der Waals surface area contributed by atoms with Gasteiger partial charge in [0.05, 0.1) is 11.4 Å². The van der Waals surface area contributed by atoms with Crippen molar-refractivity contribution < 1.29 is 4.79 Å². The molecule has 0 spiro atoms. The molecule has 1 aromatic heterocycles. The van der Waals surface area contributed by atoms with Gasteiger partial charge in [-0.25, -0.2) is 4.68 Å². The maximum absolute atomic E-state index is 12.9. The number of aromatic nitrogens is 2. The Kier molecular flexibility index (Phi) is 5.96. The van der Waals surface area contributed by atoms with Gasteiger partial charge >= 0.3 is 0 Å². The Morgan fingerprint density at radius 1 is 0.938 bits per heavy atom. The first-order chi connectivity index (χ1) is 15.6. The smallest absolute Gasteiger partial charge is 0.266 e. The van der Waals surface area contributed by atoms with Crippen molar-refractivity contribution in [1.82, 2.24) is 9.78 Å². The van der Waals surface area contributed by atoms with Crippen molar-refractivity contribution in [2.24, 2.45) is 0 Å². The highest BCUT2D eigenvalue weighted by Crippen LogP contribution is 2.26. The summed E-state index contributed by atoms with van der Waals surface area (Å²) in [7, 11) is 0. The van der Waals surface area contributed by atoms with E-state index < -0.39 is 5.91 Å². The van der Waals surface area contributed by atoms with Crippen LogP contribution >= 0.6 is 0 Å². The summed E-state index contributed by atoms with van der Waals surface area (Å²) < 4.78 is 1.76. The Labute approximate surface area is 187 Å². The topological polar surface area (TPSA) is 70.7 Å². The Bertz CT molecular complexity index is 1310. The van der Waals surface area contributed by atoms with Crippen molar-refractivity contribution >= 4 is 17.7 Å². The highest BCUT2D eigenvalue weighted by atomic mass is 16.1. The molecule has 0 aliphatic heterocycles. The summed E-state index contributed by atoms with van der Waals surface area (Å²) in [4.78, 5) is 12.9. The van der Waals surface area contributed by atoms with Crippen molar-refractivity contribution in [2.75, 3.05) is 5.32 Å². The molecule has 0 saturated carbocycles. The summed E-state index contributed by atoms with van der Waals surface area (Å²) in [6.45, 7) is 3.85. The molecule has 156 valence electrons. The van der Waals surface area contributed by atoms with E-state index in [2.05, 4.69) is 5.32 Å². The van der Waals surface area contributed by atoms with Crippen LogP contribution in [0.3, 0.4) is 0 Å². The first kappa shape index (κ1) is 20.8. The van der Waals surface area contributed by atoms with E-state index in [0.717, 1.165) is 28.1 Å². The predicted molar refractivity (Wildman–Crippen MR) is 127 cm³/mol. The van der Waals surface area contributed by atoms with E-state index in [1.54, 1.807) is 10.8 Å². The lowest BCUT2D eigenvalue weighted by Gasteiger charge is -2.10. The van der Waals surface area contributed by atoms with Gasteiger partial charge in [0.1, 0.15) is 11.6 Å². The molecule has 0 fully saturated rings. The average Bonchev–Trinajstić information content (AvgIpc) is 3.25. The molecule has 3 aromatic carbocycles. The van der Waals surface area contributed by atoms with Gasteiger partial charge in [0.25, 0.3) is 5.91 Å². The molecule has 32 heavy (non-hydrogen) atoms. The van der Waals surface area contributed by atoms with E-state index in [4.69, 9.17) is 5.10 Å². The predicted octanol–water partition coefficient (Wildman–Crippen LogP) is 5.70. The van der Waals surface area contributed by atoms with E-state index in [0.29, 0.717) is 11.3 Å². The lowest BCUT2D eigenvalue weighted by molar-refractivity contribution is -0.112. The quantitative estimate of drug-likeness (QED) is 0.334. The fourth-order valence-corrected chi connectivity index (χ4v) is 3.52. The van der Waals surface area contributed by atoms with Gasteiger partial charge in [-0.05, 0) is 43.2 Å². The maximum Gasteiger partial charge on any atom is 0.266 e. The van der Waals surface area contributed by atoms with Crippen LogP contribution in [0.1, 0.15) is 16.7 Å². The number of nitrogens with one attached hydrogen (secondary N) is 1. The number of anilines is 1. The van der Waals surface area contributed by atoms with E-state index >= 15 is 0 Å². The van der Waals surface area contributed by atoms with Gasteiger partial charge in [-0.3, -0.25) is 4.79 Å². The number of nitrogens with zero attached hydrogens (tertiary/aromatic N) is 3. The molecule has 1 amide bonds. The van der Waals surface area contributed by atoms with Crippen LogP contribution in [0.4, 0.5) is 5.69 Å². The van der Waals surface area contributed by atoms with Crippen LogP contribution < -0.4 is 5.32 Å². The molecule has 0 bridgehead atoms. The number of benzene rings is 3.